The van der Waals surface area contributed by atoms with Crippen LogP contribution in [0, 0.1) is 24.4 Å². The highest BCUT2D eigenvalue weighted by atomic mass is 28.3. The Morgan fingerprint density at radius 3 is 1.64 bits per heavy atom. The third-order valence-electron chi connectivity index (χ3n) is 6.69. The first-order valence-electron chi connectivity index (χ1n) is 13.4. The van der Waals surface area contributed by atoms with E-state index in [0.717, 1.165) is 29.9 Å². The Bertz CT molecular complexity index is 833. The molecule has 0 saturated carbocycles. The van der Waals surface area contributed by atoms with Crippen LogP contribution >= 0.6 is 0 Å². The van der Waals surface area contributed by atoms with Gasteiger partial charge in [0.25, 0.3) is 9.04 Å². The van der Waals surface area contributed by atoms with E-state index < -0.39 is 9.04 Å². The molecule has 0 amide bonds. The molecule has 0 aromatic heterocycles. The fourth-order valence-electron chi connectivity index (χ4n) is 4.85. The molecule has 0 aliphatic carbocycles. The van der Waals surface area contributed by atoms with Gasteiger partial charge in [-0.25, -0.2) is 0 Å². The first-order chi connectivity index (χ1) is 17.1. The van der Waals surface area contributed by atoms with Crippen molar-refractivity contribution in [1.82, 2.24) is 0 Å². The van der Waals surface area contributed by atoms with Gasteiger partial charge < -0.3 is 23.4 Å². The van der Waals surface area contributed by atoms with Gasteiger partial charge in [0.15, 0.2) is 11.5 Å². The minimum absolute atomic E-state index is 0.0629. The molecule has 0 aliphatic heterocycles. The first-order valence-corrected chi connectivity index (χ1v) is 15.9. The lowest BCUT2D eigenvalue weighted by Crippen LogP contribution is -2.21. The lowest BCUT2D eigenvalue weighted by Gasteiger charge is -2.35. The maximum Gasteiger partial charge on any atom is 0.289 e. The van der Waals surface area contributed by atoms with E-state index in [9.17, 15) is 0 Å². The molecule has 0 spiro atoms. The molecule has 1 aromatic carbocycles. The molecule has 0 heterocycles. The quantitative estimate of drug-likeness (QED) is 0.125. The lowest BCUT2D eigenvalue weighted by atomic mass is 9.72. The summed E-state index contributed by atoms with van der Waals surface area (Å²) in [7, 11) is 5.99. The molecule has 0 saturated heterocycles. The largest absolute Gasteiger partial charge is 0.500 e. The maximum atomic E-state index is 5.92. The second-order valence-corrected chi connectivity index (χ2v) is 12.8. The summed E-state index contributed by atoms with van der Waals surface area (Å²) in [4.78, 5) is 0. The van der Waals surface area contributed by atoms with Gasteiger partial charge in [0.05, 0.1) is 34.5 Å². The molecule has 6 heteroatoms. The molecule has 0 bridgehead atoms. The summed E-state index contributed by atoms with van der Waals surface area (Å²) in [6, 6.07) is 0. The van der Waals surface area contributed by atoms with Crippen molar-refractivity contribution in [1.29, 1.82) is 0 Å². The zero-order valence-electron chi connectivity index (χ0n) is 24.7. The first kappa shape index (κ1) is 32.0. The fraction of sp³-hybridized carbons (Fsp3) is 0.733. The van der Waals surface area contributed by atoms with E-state index >= 15 is 0 Å². The van der Waals surface area contributed by atoms with E-state index in [-0.39, 0.29) is 5.41 Å². The summed E-state index contributed by atoms with van der Waals surface area (Å²) in [6.45, 7) is 13.2. The smallest absolute Gasteiger partial charge is 0.289 e. The highest BCUT2D eigenvalue weighted by Crippen LogP contribution is 2.55. The van der Waals surface area contributed by atoms with Gasteiger partial charge >= 0.3 is 0 Å². The van der Waals surface area contributed by atoms with Gasteiger partial charge in [-0.3, -0.25) is 0 Å². The highest BCUT2D eigenvalue weighted by Gasteiger charge is 2.35. The molecule has 5 nitrogen and oxygen atoms in total. The normalized spacial score (nSPS) is 12.1. The van der Waals surface area contributed by atoms with Crippen LogP contribution in [0.15, 0.2) is 0 Å². The maximum absolute atomic E-state index is 5.92. The third kappa shape index (κ3) is 9.80. The van der Waals surface area contributed by atoms with Gasteiger partial charge in [0.1, 0.15) is 0 Å². The summed E-state index contributed by atoms with van der Waals surface area (Å²) in [5.41, 5.74) is 2.30. The van der Waals surface area contributed by atoms with Crippen LogP contribution in [0.5, 0.6) is 23.0 Å². The molecule has 0 fully saturated rings. The lowest BCUT2D eigenvalue weighted by molar-refractivity contribution is 0.271. The number of ether oxygens (including phenoxy) is 4. The van der Waals surface area contributed by atoms with E-state index in [0.29, 0.717) is 17.4 Å². The molecule has 1 atom stereocenters. The van der Waals surface area contributed by atoms with Gasteiger partial charge in [-0.1, -0.05) is 71.6 Å². The van der Waals surface area contributed by atoms with Crippen LogP contribution in [0.3, 0.4) is 0 Å². The molecule has 36 heavy (non-hydrogen) atoms. The third-order valence-corrected chi connectivity index (χ3v) is 7.20. The van der Waals surface area contributed by atoms with Crippen LogP contribution in [0.1, 0.15) is 102 Å². The van der Waals surface area contributed by atoms with Crippen molar-refractivity contribution in [3.63, 3.8) is 0 Å². The van der Waals surface area contributed by atoms with Crippen molar-refractivity contribution in [2.45, 2.75) is 111 Å². The van der Waals surface area contributed by atoms with Crippen LogP contribution in [-0.4, -0.2) is 37.5 Å². The van der Waals surface area contributed by atoms with Crippen molar-refractivity contribution in [2.75, 3.05) is 28.4 Å². The Morgan fingerprint density at radius 2 is 1.17 bits per heavy atom. The molecular weight excluding hydrogens is 468 g/mol. The predicted octanol–water partition coefficient (Wildman–Crippen LogP) is 8.29. The zero-order chi connectivity index (χ0) is 27.1. The van der Waals surface area contributed by atoms with E-state index in [1.165, 1.54) is 56.9 Å². The van der Waals surface area contributed by atoms with Crippen LogP contribution in [0.25, 0.3) is 0 Å². The number of hydrogen-bond acceptors (Lipinski definition) is 5. The van der Waals surface area contributed by atoms with Crippen LogP contribution in [0.4, 0.5) is 0 Å². The van der Waals surface area contributed by atoms with Gasteiger partial charge in [-0.15, -0.1) is 0 Å². The Morgan fingerprint density at radius 1 is 0.694 bits per heavy atom. The molecule has 1 aromatic rings. The van der Waals surface area contributed by atoms with Crippen molar-refractivity contribution in [3.8, 4) is 35.0 Å². The second kappa shape index (κ2) is 16.7. The molecular formula is C30H51O5Si. The fourth-order valence-corrected chi connectivity index (χ4v) is 5.13. The van der Waals surface area contributed by atoms with Crippen LogP contribution in [0.2, 0.25) is 13.1 Å². The zero-order valence-corrected chi connectivity index (χ0v) is 25.7. The molecule has 1 rings (SSSR count). The predicted molar refractivity (Wildman–Crippen MR) is 152 cm³/mol. The summed E-state index contributed by atoms with van der Waals surface area (Å²) in [6.07, 6.45) is 15.0. The second-order valence-electron chi connectivity index (χ2n) is 10.7. The number of hydrogen-bond donors (Lipinski definition) is 0. The van der Waals surface area contributed by atoms with Gasteiger partial charge in [0.2, 0.25) is 11.5 Å². The summed E-state index contributed by atoms with van der Waals surface area (Å²) in [5.74, 6) is 6.10. The minimum Gasteiger partial charge on any atom is -0.500 e. The van der Waals surface area contributed by atoms with Gasteiger partial charge in [-0.05, 0) is 44.2 Å². The van der Waals surface area contributed by atoms with Gasteiger partial charge in [0, 0.05) is 17.5 Å². The van der Waals surface area contributed by atoms with E-state index in [2.05, 4.69) is 52.8 Å². The molecule has 0 aliphatic rings. The Balaban J connectivity index is 2.70. The molecule has 0 N–H and O–H groups in total. The van der Waals surface area contributed by atoms with E-state index in [1.54, 1.807) is 28.4 Å². The summed E-state index contributed by atoms with van der Waals surface area (Å²) in [5, 5.41) is 0. The summed E-state index contributed by atoms with van der Waals surface area (Å²) >= 11 is 0. The highest BCUT2D eigenvalue weighted by molar-refractivity contribution is 6.48. The van der Waals surface area contributed by atoms with E-state index in [4.69, 9.17) is 23.4 Å². The van der Waals surface area contributed by atoms with E-state index in [1.807, 2.05) is 0 Å². The Labute approximate surface area is 223 Å². The van der Waals surface area contributed by atoms with Crippen LogP contribution in [-0.2, 0) is 4.43 Å². The number of unbranched alkanes of at least 4 members (excludes halogenated alkanes) is 8. The summed E-state index contributed by atoms with van der Waals surface area (Å²) < 4.78 is 28.4. The Hall–Kier alpha value is -2.00. The van der Waals surface area contributed by atoms with Crippen molar-refractivity contribution >= 4 is 9.04 Å². The average Bonchev–Trinajstić information content (AvgIpc) is 2.82. The number of rotatable bonds is 16. The van der Waals surface area contributed by atoms with Gasteiger partial charge in [-0.2, -0.15) is 0 Å². The van der Waals surface area contributed by atoms with Crippen LogP contribution < -0.4 is 18.9 Å². The monoisotopic (exact) mass is 519 g/mol. The Kier molecular flexibility index (Phi) is 14.8. The topological polar surface area (TPSA) is 46.2 Å². The molecule has 1 unspecified atom stereocenters. The van der Waals surface area contributed by atoms with Crippen molar-refractivity contribution in [3.05, 3.63) is 11.1 Å². The van der Waals surface area contributed by atoms with Crippen molar-refractivity contribution < 1.29 is 23.4 Å². The average molecular weight is 520 g/mol. The minimum atomic E-state index is -0.687. The standard InChI is InChI=1S/C30H51O5Si/c1-23-25(27(32-6)29(34-8)28(33-7)26(23)31-5)24(30(2,3)4)21-19-17-15-13-11-12-14-16-18-20-22-35-36(9)10/h24H,11-19,21H2,1-10H3. The number of benzene rings is 1. The van der Waals surface area contributed by atoms with Crippen molar-refractivity contribution in [2.24, 2.45) is 5.41 Å². The SMILES string of the molecule is COc1c(C)c(C(CCCCCCCCCCC#CO[Si](C)C)C(C)(C)C)c(OC)c(OC)c1OC. The number of methoxy groups -OCH3 is 4. The molecule has 205 valence electrons. The molecule has 1 radical (unpaired) electrons.